The Morgan fingerprint density at radius 3 is 1.95 bits per heavy atom. The number of carbonyl (C=O) groups is 2. The summed E-state index contributed by atoms with van der Waals surface area (Å²) in [5.41, 5.74) is 2.54. The second kappa shape index (κ2) is 17.9. The number of anilines is 1. The number of nitrogens with one attached hydrogen (secondary N) is 2. The number of aromatic nitrogens is 4. The van der Waals surface area contributed by atoms with Gasteiger partial charge in [0.1, 0.15) is 5.02 Å². The first-order chi connectivity index (χ1) is 20.7. The van der Waals surface area contributed by atoms with Crippen molar-refractivity contribution in [1.29, 1.82) is 0 Å². The monoisotopic (exact) mass is 615 g/mol. The minimum absolute atomic E-state index is 0.163. The summed E-state index contributed by atoms with van der Waals surface area (Å²) in [4.78, 5) is 28.6. The number of H-pyrrole nitrogens is 1. The average molecular weight is 616 g/mol. The molecule has 0 aliphatic carbocycles. The molecule has 0 bridgehead atoms. The molecule has 2 N–H and O–H groups in total. The lowest BCUT2D eigenvalue weighted by molar-refractivity contribution is -0.147. The Morgan fingerprint density at radius 2 is 1.42 bits per heavy atom. The van der Waals surface area contributed by atoms with Crippen LogP contribution in [-0.4, -0.2) is 45.1 Å². The van der Waals surface area contributed by atoms with Crippen LogP contribution in [0.1, 0.15) is 123 Å². The molecule has 2 heterocycles. The quantitative estimate of drug-likeness (QED) is 0.103. The summed E-state index contributed by atoms with van der Waals surface area (Å²) in [6.07, 6.45) is 17.1. The van der Waals surface area contributed by atoms with Gasteiger partial charge in [0.2, 0.25) is 0 Å². The zero-order valence-electron chi connectivity index (χ0n) is 26.5. The Labute approximate surface area is 261 Å². The Hall–Kier alpha value is -3.07. The van der Waals surface area contributed by atoms with Gasteiger partial charge < -0.3 is 9.47 Å². The van der Waals surface area contributed by atoms with Crippen molar-refractivity contribution in [2.45, 2.75) is 123 Å². The van der Waals surface area contributed by atoms with E-state index in [1.165, 1.54) is 70.6 Å². The van der Waals surface area contributed by atoms with Crippen molar-refractivity contribution in [3.05, 3.63) is 35.0 Å². The van der Waals surface area contributed by atoms with Gasteiger partial charge in [-0.25, -0.2) is 14.6 Å². The van der Waals surface area contributed by atoms with Gasteiger partial charge in [-0.05, 0) is 30.7 Å². The van der Waals surface area contributed by atoms with Crippen molar-refractivity contribution in [3.63, 3.8) is 0 Å². The number of unbranched alkanes of at least 4 members (excludes halogenated alkanes) is 13. The number of nitrogens with zero attached hydrogens (tertiary/aromatic N) is 3. The Morgan fingerprint density at radius 1 is 0.860 bits per heavy atom. The number of esters is 1. The highest BCUT2D eigenvalue weighted by molar-refractivity contribution is 6.34. The fourth-order valence-corrected chi connectivity index (χ4v) is 5.37. The molecule has 3 aromatic rings. The molecule has 238 valence electrons. The van der Waals surface area contributed by atoms with Crippen LogP contribution in [0.4, 0.5) is 10.5 Å². The molecule has 0 unspecified atom stereocenters. The average Bonchev–Trinajstić information content (AvgIpc) is 3.53. The fourth-order valence-electron chi connectivity index (χ4n) is 4.92. The van der Waals surface area contributed by atoms with Gasteiger partial charge in [-0.2, -0.15) is 4.63 Å². The van der Waals surface area contributed by atoms with E-state index in [0.29, 0.717) is 28.8 Å². The van der Waals surface area contributed by atoms with Crippen LogP contribution in [0.25, 0.3) is 17.0 Å². The lowest BCUT2D eigenvalue weighted by Crippen LogP contribution is -2.20. The number of carbonyl (C=O) groups excluding carboxylic acids is 2. The Balaban J connectivity index is 1.23. The third-order valence-electron chi connectivity index (χ3n) is 7.46. The molecule has 0 spiro atoms. The number of benzene rings is 1. The zero-order chi connectivity index (χ0) is 31.1. The number of aromatic amines is 1. The summed E-state index contributed by atoms with van der Waals surface area (Å²) < 4.78 is 11.8. The lowest BCUT2D eigenvalue weighted by Gasteiger charge is -2.16. The topological polar surface area (TPSA) is 111 Å². The summed E-state index contributed by atoms with van der Waals surface area (Å²) in [5, 5.41) is 10.8. The molecule has 43 heavy (non-hydrogen) atoms. The highest BCUT2D eigenvalue weighted by atomic mass is 35.5. The molecule has 0 saturated heterocycles. The molecule has 0 radical (unpaired) electrons. The maximum Gasteiger partial charge on any atom is 0.412 e. The van der Waals surface area contributed by atoms with Crippen molar-refractivity contribution in [3.8, 4) is 11.4 Å². The SMILES string of the molecule is CCCCCCCCCCCCCCCCOC(=O)COC(=O)Nc1ccc(-c2nc3c(Cl)c(C(C)(C)C)[nH]n3n2)cc1. The van der Waals surface area contributed by atoms with E-state index in [2.05, 4.69) is 48.2 Å². The van der Waals surface area contributed by atoms with Crippen molar-refractivity contribution in [2.75, 3.05) is 18.5 Å². The van der Waals surface area contributed by atoms with Crippen LogP contribution in [0.3, 0.4) is 0 Å². The molecule has 0 atom stereocenters. The van der Waals surface area contributed by atoms with Gasteiger partial charge in [0.15, 0.2) is 18.1 Å². The molecule has 0 aliphatic rings. The van der Waals surface area contributed by atoms with E-state index in [1.54, 1.807) is 28.9 Å². The van der Waals surface area contributed by atoms with Crippen LogP contribution < -0.4 is 5.32 Å². The highest BCUT2D eigenvalue weighted by Gasteiger charge is 2.24. The second-order valence-corrected chi connectivity index (χ2v) is 12.7. The van der Waals surface area contributed by atoms with Crippen LogP contribution in [-0.2, 0) is 19.7 Å². The third-order valence-corrected chi connectivity index (χ3v) is 7.82. The van der Waals surface area contributed by atoms with Gasteiger partial charge in [0.25, 0.3) is 0 Å². The van der Waals surface area contributed by atoms with Crippen LogP contribution in [0.2, 0.25) is 5.02 Å². The van der Waals surface area contributed by atoms with Crippen LogP contribution in [0, 0.1) is 0 Å². The van der Waals surface area contributed by atoms with Crippen molar-refractivity contribution in [2.24, 2.45) is 0 Å². The predicted molar refractivity (Wildman–Crippen MR) is 173 cm³/mol. The first kappa shape index (κ1) is 34.4. The smallest absolute Gasteiger partial charge is 0.412 e. The van der Waals surface area contributed by atoms with Gasteiger partial charge in [0.05, 0.1) is 12.3 Å². The fraction of sp³-hybridized carbons (Fsp3) is 0.636. The molecule has 0 fully saturated rings. The molecular formula is C33H50ClN5O4. The van der Waals surface area contributed by atoms with Crippen LogP contribution in [0.15, 0.2) is 24.3 Å². The molecule has 1 aromatic carbocycles. The Bertz CT molecular complexity index is 1260. The molecule has 0 aliphatic heterocycles. The molecule has 0 saturated carbocycles. The van der Waals surface area contributed by atoms with Gasteiger partial charge in [-0.1, -0.05) is 123 Å². The van der Waals surface area contributed by atoms with Gasteiger partial charge in [-0.3, -0.25) is 10.4 Å². The summed E-state index contributed by atoms with van der Waals surface area (Å²) in [6.45, 7) is 8.37. The third kappa shape index (κ3) is 11.9. The number of halogens is 1. The van der Waals surface area contributed by atoms with E-state index >= 15 is 0 Å². The number of hydrogen-bond acceptors (Lipinski definition) is 6. The van der Waals surface area contributed by atoms with Crippen LogP contribution >= 0.6 is 11.6 Å². The van der Waals surface area contributed by atoms with E-state index in [0.717, 1.165) is 30.5 Å². The summed E-state index contributed by atoms with van der Waals surface area (Å²) in [5.74, 6) is -0.0423. The van der Waals surface area contributed by atoms with E-state index < -0.39 is 18.7 Å². The van der Waals surface area contributed by atoms with Gasteiger partial charge in [0, 0.05) is 16.7 Å². The minimum atomic E-state index is -0.726. The van der Waals surface area contributed by atoms with E-state index in [9.17, 15) is 9.59 Å². The summed E-state index contributed by atoms with van der Waals surface area (Å²) in [6, 6.07) is 6.99. The largest absolute Gasteiger partial charge is 0.463 e. The highest BCUT2D eigenvalue weighted by Crippen LogP contribution is 2.32. The summed E-state index contributed by atoms with van der Waals surface area (Å²) in [7, 11) is 0. The zero-order valence-corrected chi connectivity index (χ0v) is 27.2. The number of ether oxygens (including phenoxy) is 2. The molecule has 2 aromatic heterocycles. The normalized spacial score (nSPS) is 11.7. The summed E-state index contributed by atoms with van der Waals surface area (Å²) >= 11 is 6.52. The van der Waals surface area contributed by atoms with Crippen molar-refractivity contribution in [1.82, 2.24) is 19.8 Å². The minimum Gasteiger partial charge on any atom is -0.463 e. The van der Waals surface area contributed by atoms with Crippen LogP contribution in [0.5, 0.6) is 0 Å². The van der Waals surface area contributed by atoms with Gasteiger partial charge >= 0.3 is 12.1 Å². The lowest BCUT2D eigenvalue weighted by atomic mass is 9.92. The number of hydrogen-bond donors (Lipinski definition) is 2. The van der Waals surface area contributed by atoms with Gasteiger partial charge in [-0.15, -0.1) is 5.10 Å². The second-order valence-electron chi connectivity index (χ2n) is 12.3. The van der Waals surface area contributed by atoms with Crippen molar-refractivity contribution >= 4 is 35.0 Å². The number of rotatable bonds is 19. The van der Waals surface area contributed by atoms with Crippen molar-refractivity contribution < 1.29 is 19.1 Å². The first-order valence-electron chi connectivity index (χ1n) is 16.0. The number of fused-ring (bicyclic) bond motifs is 1. The first-order valence-corrected chi connectivity index (χ1v) is 16.4. The maximum absolute atomic E-state index is 12.1. The molecule has 9 nitrogen and oxygen atoms in total. The van der Waals surface area contributed by atoms with E-state index in [-0.39, 0.29) is 5.41 Å². The maximum atomic E-state index is 12.1. The molecule has 10 heteroatoms. The van der Waals surface area contributed by atoms with E-state index in [1.807, 2.05) is 0 Å². The molecule has 1 amide bonds. The Kier molecular flexibility index (Phi) is 14.3. The molecular weight excluding hydrogens is 566 g/mol. The molecule has 3 rings (SSSR count). The predicted octanol–water partition coefficient (Wildman–Crippen LogP) is 9.25. The number of amides is 1. The van der Waals surface area contributed by atoms with E-state index in [4.69, 9.17) is 21.1 Å². The standard InChI is InChI=1S/C33H50ClN5O4/c1-5-6-7-8-9-10-11-12-13-14-15-16-17-18-23-42-27(40)24-43-32(41)35-26-21-19-25(20-22-26)30-36-31-28(34)29(33(2,3)4)37-39(31)38-30/h19-22,37H,5-18,23-24H2,1-4H3,(H,35,41).